The number of anilines is 1. The summed E-state index contributed by atoms with van der Waals surface area (Å²) in [5.74, 6) is 0.307. The van der Waals surface area contributed by atoms with E-state index in [1.54, 1.807) is 6.33 Å². The Morgan fingerprint density at radius 2 is 2.08 bits per heavy atom. The third-order valence-electron chi connectivity index (χ3n) is 4.48. The lowest BCUT2D eigenvalue weighted by Crippen LogP contribution is -2.10. The number of benzene rings is 1. The van der Waals surface area contributed by atoms with Crippen molar-refractivity contribution in [3.05, 3.63) is 41.2 Å². The van der Waals surface area contributed by atoms with E-state index in [1.165, 1.54) is 0 Å². The number of fused-ring (bicyclic) bond motifs is 1. The molecule has 1 fully saturated rings. The Balaban J connectivity index is 1.51. The van der Waals surface area contributed by atoms with Crippen LogP contribution < -0.4 is 10.5 Å². The first-order valence-electron chi connectivity index (χ1n) is 8.63. The van der Waals surface area contributed by atoms with E-state index >= 15 is 0 Å². The molecule has 1 aliphatic rings. The summed E-state index contributed by atoms with van der Waals surface area (Å²) in [5.41, 5.74) is 8.37. The average molecular weight is 374 g/mol. The highest BCUT2D eigenvalue weighted by Gasteiger charge is 2.26. The highest BCUT2D eigenvalue weighted by Crippen LogP contribution is 2.31. The fraction of sp³-hybridized carbons (Fsp3) is 0.389. The molecule has 0 bridgehead atoms. The predicted molar refractivity (Wildman–Crippen MR) is 99.2 cm³/mol. The van der Waals surface area contributed by atoms with Gasteiger partial charge in [-0.15, -0.1) is 0 Å². The van der Waals surface area contributed by atoms with E-state index in [0.717, 1.165) is 24.8 Å². The number of nitrogens with two attached hydrogens (primary N) is 1. The molecule has 3 heterocycles. The summed E-state index contributed by atoms with van der Waals surface area (Å²) in [4.78, 5) is 13.0. The summed E-state index contributed by atoms with van der Waals surface area (Å²) in [6.07, 6.45) is 4.51. The summed E-state index contributed by atoms with van der Waals surface area (Å²) in [5, 5.41) is 0.716. The summed E-state index contributed by atoms with van der Waals surface area (Å²) < 4.78 is 13.5. The van der Waals surface area contributed by atoms with Crippen LogP contribution in [0.5, 0.6) is 6.01 Å². The highest BCUT2D eigenvalue weighted by atomic mass is 35.5. The van der Waals surface area contributed by atoms with Crippen LogP contribution >= 0.6 is 11.6 Å². The first-order chi connectivity index (χ1) is 12.6. The van der Waals surface area contributed by atoms with Gasteiger partial charge < -0.3 is 15.2 Å². The van der Waals surface area contributed by atoms with E-state index in [0.29, 0.717) is 28.6 Å². The minimum absolute atomic E-state index is 0.0776. The van der Waals surface area contributed by atoms with E-state index in [4.69, 9.17) is 26.8 Å². The van der Waals surface area contributed by atoms with Crippen LogP contribution in [0.25, 0.3) is 11.2 Å². The molecule has 0 saturated carbocycles. The van der Waals surface area contributed by atoms with Gasteiger partial charge in [0.05, 0.1) is 19.0 Å². The Kier molecular flexibility index (Phi) is 4.65. The van der Waals surface area contributed by atoms with Gasteiger partial charge in [0.25, 0.3) is 0 Å². The summed E-state index contributed by atoms with van der Waals surface area (Å²) in [7, 11) is 0. The molecule has 8 heteroatoms. The number of hydrogen-bond acceptors (Lipinski definition) is 6. The van der Waals surface area contributed by atoms with E-state index in [-0.39, 0.29) is 18.3 Å². The van der Waals surface area contributed by atoms with Crippen LogP contribution in [0.4, 0.5) is 5.82 Å². The Bertz CT molecular complexity index is 912. The second-order valence-electron chi connectivity index (χ2n) is 6.42. The van der Waals surface area contributed by atoms with E-state index in [2.05, 4.69) is 21.9 Å². The maximum absolute atomic E-state index is 6.03. The number of nitrogen functional groups attached to an aromatic ring is 1. The standard InChI is InChI=1S/C18H20ClN5O2/c1-11-2-7-14(26-11)24-10-21-15-16(20)22-18(23-17(15)24)25-9-8-12-3-5-13(19)6-4-12/h3-6,10-11,14H,2,7-9H2,1H3,(H2,20,22,23). The van der Waals surface area contributed by atoms with Crippen molar-refractivity contribution in [3.8, 4) is 6.01 Å². The molecular weight excluding hydrogens is 354 g/mol. The van der Waals surface area contributed by atoms with Crippen LogP contribution in [0.2, 0.25) is 5.02 Å². The van der Waals surface area contributed by atoms with Crippen molar-refractivity contribution in [2.75, 3.05) is 12.3 Å². The van der Waals surface area contributed by atoms with E-state index in [1.807, 2.05) is 28.8 Å². The Hall–Kier alpha value is -2.38. The molecule has 0 amide bonds. The SMILES string of the molecule is CC1CCC(n2cnc3c(N)nc(OCCc4ccc(Cl)cc4)nc32)O1. The molecule has 0 aliphatic carbocycles. The molecule has 0 radical (unpaired) electrons. The quantitative estimate of drug-likeness (QED) is 0.737. The normalized spacial score (nSPS) is 19.9. The Labute approximate surface area is 156 Å². The monoisotopic (exact) mass is 373 g/mol. The molecule has 1 saturated heterocycles. The first-order valence-corrected chi connectivity index (χ1v) is 9.00. The summed E-state index contributed by atoms with van der Waals surface area (Å²) in [6.45, 7) is 2.51. The number of aromatic nitrogens is 4. The highest BCUT2D eigenvalue weighted by molar-refractivity contribution is 6.30. The number of halogens is 1. The number of nitrogens with zero attached hydrogens (tertiary/aromatic N) is 4. The van der Waals surface area contributed by atoms with Crippen molar-refractivity contribution in [2.45, 2.75) is 38.5 Å². The van der Waals surface area contributed by atoms with Gasteiger partial charge in [-0.2, -0.15) is 9.97 Å². The molecule has 1 aromatic carbocycles. The van der Waals surface area contributed by atoms with Crippen molar-refractivity contribution in [3.63, 3.8) is 0 Å². The van der Waals surface area contributed by atoms with Gasteiger partial charge in [0.2, 0.25) is 0 Å². The van der Waals surface area contributed by atoms with Crippen molar-refractivity contribution < 1.29 is 9.47 Å². The van der Waals surface area contributed by atoms with Crippen LogP contribution in [-0.2, 0) is 11.2 Å². The van der Waals surface area contributed by atoms with Gasteiger partial charge in [-0.1, -0.05) is 23.7 Å². The van der Waals surface area contributed by atoms with Gasteiger partial charge in [-0.05, 0) is 37.5 Å². The van der Waals surface area contributed by atoms with Crippen molar-refractivity contribution >= 4 is 28.6 Å². The fourth-order valence-electron chi connectivity index (χ4n) is 3.09. The number of ether oxygens (including phenoxy) is 2. The lowest BCUT2D eigenvalue weighted by atomic mass is 10.2. The van der Waals surface area contributed by atoms with Gasteiger partial charge in [0.15, 0.2) is 17.0 Å². The average Bonchev–Trinajstić information content (AvgIpc) is 3.23. The van der Waals surface area contributed by atoms with Gasteiger partial charge >= 0.3 is 6.01 Å². The van der Waals surface area contributed by atoms with Crippen molar-refractivity contribution in [1.29, 1.82) is 0 Å². The zero-order chi connectivity index (χ0) is 18.1. The van der Waals surface area contributed by atoms with Crippen LogP contribution in [0, 0.1) is 0 Å². The second kappa shape index (κ2) is 7.09. The Morgan fingerprint density at radius 3 is 2.81 bits per heavy atom. The third-order valence-corrected chi connectivity index (χ3v) is 4.73. The molecule has 4 rings (SSSR count). The van der Waals surface area contributed by atoms with Crippen LogP contribution in [0.15, 0.2) is 30.6 Å². The Morgan fingerprint density at radius 1 is 1.27 bits per heavy atom. The van der Waals surface area contributed by atoms with Crippen LogP contribution in [-0.4, -0.2) is 32.2 Å². The fourth-order valence-corrected chi connectivity index (χ4v) is 3.22. The lowest BCUT2D eigenvalue weighted by molar-refractivity contribution is 0.0131. The molecule has 7 nitrogen and oxygen atoms in total. The molecule has 26 heavy (non-hydrogen) atoms. The third kappa shape index (κ3) is 3.45. The predicted octanol–water partition coefficient (Wildman–Crippen LogP) is 3.38. The first kappa shape index (κ1) is 17.1. The van der Waals surface area contributed by atoms with Gasteiger partial charge in [-0.3, -0.25) is 4.57 Å². The van der Waals surface area contributed by atoms with Gasteiger partial charge in [0.1, 0.15) is 6.23 Å². The van der Waals surface area contributed by atoms with Crippen molar-refractivity contribution in [1.82, 2.24) is 19.5 Å². The number of hydrogen-bond donors (Lipinski definition) is 1. The maximum Gasteiger partial charge on any atom is 0.320 e. The van der Waals surface area contributed by atoms with E-state index < -0.39 is 0 Å². The molecule has 2 N–H and O–H groups in total. The molecule has 0 spiro atoms. The van der Waals surface area contributed by atoms with Crippen molar-refractivity contribution in [2.24, 2.45) is 0 Å². The minimum Gasteiger partial charge on any atom is -0.463 e. The lowest BCUT2D eigenvalue weighted by Gasteiger charge is -2.13. The molecule has 1 aliphatic heterocycles. The largest absolute Gasteiger partial charge is 0.463 e. The number of rotatable bonds is 5. The molecule has 2 aromatic heterocycles. The smallest absolute Gasteiger partial charge is 0.320 e. The zero-order valence-corrected chi connectivity index (χ0v) is 15.2. The van der Waals surface area contributed by atoms with Gasteiger partial charge in [0, 0.05) is 11.4 Å². The maximum atomic E-state index is 6.03. The molecule has 136 valence electrons. The molecular formula is C18H20ClN5O2. The minimum atomic E-state index is -0.0776. The summed E-state index contributed by atoms with van der Waals surface area (Å²) >= 11 is 5.90. The summed E-state index contributed by atoms with van der Waals surface area (Å²) in [6, 6.07) is 7.91. The second-order valence-corrected chi connectivity index (χ2v) is 6.86. The zero-order valence-electron chi connectivity index (χ0n) is 14.4. The molecule has 3 aromatic rings. The van der Waals surface area contributed by atoms with E-state index in [9.17, 15) is 0 Å². The van der Waals surface area contributed by atoms with Gasteiger partial charge in [-0.25, -0.2) is 4.98 Å². The molecule has 2 atom stereocenters. The topological polar surface area (TPSA) is 88.1 Å². The van der Waals surface area contributed by atoms with Crippen LogP contribution in [0.1, 0.15) is 31.6 Å². The number of imidazole rings is 1. The molecule has 2 unspecified atom stereocenters. The van der Waals surface area contributed by atoms with Crippen LogP contribution in [0.3, 0.4) is 0 Å².